The summed E-state index contributed by atoms with van der Waals surface area (Å²) in [5.74, 6) is 0.842. The Balaban J connectivity index is 2.58. The van der Waals surface area contributed by atoms with Crippen molar-refractivity contribution in [3.05, 3.63) is 29.8 Å². The SMILES string of the molecule is CC(CO)CSc1ccc(C(F)(F)F)cc1. The standard InChI is InChI=1S/C11H13F3OS/c1-8(6-15)7-16-10-4-2-9(3-5-10)11(12,13)14/h2-5,8,15H,6-7H2,1H3. The van der Waals surface area contributed by atoms with Gasteiger partial charge in [0.15, 0.2) is 0 Å². The second-order valence-electron chi connectivity index (χ2n) is 3.62. The lowest BCUT2D eigenvalue weighted by atomic mass is 10.2. The quantitative estimate of drug-likeness (QED) is 0.826. The van der Waals surface area contributed by atoms with Crippen LogP contribution in [0.4, 0.5) is 13.2 Å². The summed E-state index contributed by atoms with van der Waals surface area (Å²) in [6, 6.07) is 5.06. The van der Waals surface area contributed by atoms with Gasteiger partial charge in [-0.15, -0.1) is 11.8 Å². The Hall–Kier alpha value is -0.680. The first-order chi connectivity index (χ1) is 7.43. The highest BCUT2D eigenvalue weighted by Crippen LogP contribution is 2.31. The van der Waals surface area contributed by atoms with Gasteiger partial charge in [0.2, 0.25) is 0 Å². The summed E-state index contributed by atoms with van der Waals surface area (Å²) >= 11 is 1.45. The molecule has 0 saturated heterocycles. The third-order valence-electron chi connectivity index (χ3n) is 2.03. The topological polar surface area (TPSA) is 20.2 Å². The monoisotopic (exact) mass is 250 g/mol. The summed E-state index contributed by atoms with van der Waals surface area (Å²) in [6.45, 7) is 1.98. The van der Waals surface area contributed by atoms with Gasteiger partial charge >= 0.3 is 6.18 Å². The van der Waals surface area contributed by atoms with Crippen LogP contribution in [0.15, 0.2) is 29.2 Å². The van der Waals surface area contributed by atoms with E-state index in [0.29, 0.717) is 5.75 Å². The second-order valence-corrected chi connectivity index (χ2v) is 4.71. The third kappa shape index (κ3) is 4.06. The largest absolute Gasteiger partial charge is 0.416 e. The van der Waals surface area contributed by atoms with Crippen LogP contribution in [0.5, 0.6) is 0 Å². The molecule has 5 heteroatoms. The molecular formula is C11H13F3OS. The van der Waals surface area contributed by atoms with Crippen molar-refractivity contribution in [2.75, 3.05) is 12.4 Å². The molecule has 16 heavy (non-hydrogen) atoms. The first-order valence-corrected chi connectivity index (χ1v) is 5.83. The predicted molar refractivity (Wildman–Crippen MR) is 58.4 cm³/mol. The lowest BCUT2D eigenvalue weighted by molar-refractivity contribution is -0.137. The van der Waals surface area contributed by atoms with Crippen LogP contribution in [-0.2, 0) is 6.18 Å². The molecule has 1 rings (SSSR count). The van der Waals surface area contributed by atoms with Crippen molar-refractivity contribution in [2.45, 2.75) is 18.0 Å². The summed E-state index contributed by atoms with van der Waals surface area (Å²) in [5.41, 5.74) is -0.632. The zero-order valence-corrected chi connectivity index (χ0v) is 9.61. The number of halogens is 3. The van der Waals surface area contributed by atoms with Gasteiger partial charge in [-0.1, -0.05) is 6.92 Å². The van der Waals surface area contributed by atoms with E-state index in [4.69, 9.17) is 5.11 Å². The van der Waals surface area contributed by atoms with E-state index in [1.54, 1.807) is 0 Å². The van der Waals surface area contributed by atoms with Crippen LogP contribution in [0.3, 0.4) is 0 Å². The first kappa shape index (κ1) is 13.4. The van der Waals surface area contributed by atoms with E-state index < -0.39 is 11.7 Å². The minimum Gasteiger partial charge on any atom is -0.396 e. The molecule has 0 aliphatic rings. The Morgan fingerprint density at radius 2 is 1.81 bits per heavy atom. The van der Waals surface area contributed by atoms with E-state index in [1.807, 2.05) is 6.92 Å². The average molecular weight is 250 g/mol. The Bertz CT molecular complexity index is 321. The van der Waals surface area contributed by atoms with Crippen LogP contribution in [0.1, 0.15) is 12.5 Å². The van der Waals surface area contributed by atoms with Crippen LogP contribution in [0.25, 0.3) is 0 Å². The molecule has 0 aromatic heterocycles. The molecule has 0 saturated carbocycles. The van der Waals surface area contributed by atoms with Gasteiger partial charge in [0.1, 0.15) is 0 Å². The van der Waals surface area contributed by atoms with Crippen LogP contribution < -0.4 is 0 Å². The molecule has 90 valence electrons. The zero-order valence-electron chi connectivity index (χ0n) is 8.79. The average Bonchev–Trinajstić information content (AvgIpc) is 2.25. The predicted octanol–water partition coefficient (Wildman–Crippen LogP) is 3.43. The van der Waals surface area contributed by atoms with Crippen molar-refractivity contribution in [1.29, 1.82) is 0 Å². The molecule has 1 nitrogen and oxygen atoms in total. The molecule has 1 atom stereocenters. The normalized spacial score (nSPS) is 13.8. The van der Waals surface area contributed by atoms with Crippen molar-refractivity contribution < 1.29 is 18.3 Å². The maximum absolute atomic E-state index is 12.2. The molecular weight excluding hydrogens is 237 g/mol. The lowest BCUT2D eigenvalue weighted by Crippen LogP contribution is -2.05. The van der Waals surface area contributed by atoms with E-state index in [0.717, 1.165) is 17.0 Å². The Morgan fingerprint density at radius 3 is 2.25 bits per heavy atom. The van der Waals surface area contributed by atoms with Gasteiger partial charge in [0.25, 0.3) is 0 Å². The molecule has 0 heterocycles. The minimum atomic E-state index is -4.28. The summed E-state index contributed by atoms with van der Waals surface area (Å²) < 4.78 is 36.7. The lowest BCUT2D eigenvalue weighted by Gasteiger charge is -2.09. The molecule has 0 spiro atoms. The molecule has 0 aliphatic heterocycles. The number of hydrogen-bond donors (Lipinski definition) is 1. The summed E-state index contributed by atoms with van der Waals surface area (Å²) in [7, 11) is 0. The summed E-state index contributed by atoms with van der Waals surface area (Å²) in [5, 5.41) is 8.80. The number of aliphatic hydroxyl groups is 1. The highest BCUT2D eigenvalue weighted by atomic mass is 32.2. The maximum Gasteiger partial charge on any atom is 0.416 e. The van der Waals surface area contributed by atoms with Crippen molar-refractivity contribution in [3.63, 3.8) is 0 Å². The van der Waals surface area contributed by atoms with Gasteiger partial charge in [-0.3, -0.25) is 0 Å². The molecule has 0 radical (unpaired) electrons. The molecule has 1 aromatic carbocycles. The summed E-state index contributed by atoms with van der Waals surface area (Å²) in [6.07, 6.45) is -4.28. The third-order valence-corrected chi connectivity index (χ3v) is 3.37. The number of hydrogen-bond acceptors (Lipinski definition) is 2. The second kappa shape index (κ2) is 5.59. The van der Waals surface area contributed by atoms with Crippen LogP contribution in [-0.4, -0.2) is 17.5 Å². The van der Waals surface area contributed by atoms with E-state index in [-0.39, 0.29) is 12.5 Å². The number of rotatable bonds is 4. The van der Waals surface area contributed by atoms with E-state index in [9.17, 15) is 13.2 Å². The first-order valence-electron chi connectivity index (χ1n) is 4.84. The Morgan fingerprint density at radius 1 is 1.25 bits per heavy atom. The molecule has 0 bridgehead atoms. The summed E-state index contributed by atoms with van der Waals surface area (Å²) in [4.78, 5) is 0.785. The van der Waals surface area contributed by atoms with Crippen molar-refractivity contribution in [3.8, 4) is 0 Å². The fraction of sp³-hybridized carbons (Fsp3) is 0.455. The number of aliphatic hydroxyl groups excluding tert-OH is 1. The fourth-order valence-electron chi connectivity index (χ4n) is 1.03. The molecule has 0 fully saturated rings. The number of thioether (sulfide) groups is 1. The minimum absolute atomic E-state index is 0.0909. The molecule has 1 unspecified atom stereocenters. The van der Waals surface area contributed by atoms with Crippen LogP contribution >= 0.6 is 11.8 Å². The molecule has 1 aromatic rings. The highest BCUT2D eigenvalue weighted by Gasteiger charge is 2.29. The van der Waals surface area contributed by atoms with Gasteiger partial charge in [-0.2, -0.15) is 13.2 Å². The van der Waals surface area contributed by atoms with Gasteiger partial charge in [0, 0.05) is 17.3 Å². The van der Waals surface area contributed by atoms with Crippen LogP contribution in [0.2, 0.25) is 0 Å². The van der Waals surface area contributed by atoms with E-state index in [1.165, 1.54) is 23.9 Å². The van der Waals surface area contributed by atoms with Crippen molar-refractivity contribution in [2.24, 2.45) is 5.92 Å². The van der Waals surface area contributed by atoms with Crippen molar-refractivity contribution >= 4 is 11.8 Å². The fourth-order valence-corrected chi connectivity index (χ4v) is 1.94. The van der Waals surface area contributed by atoms with Gasteiger partial charge in [0.05, 0.1) is 5.56 Å². The van der Waals surface area contributed by atoms with Crippen LogP contribution in [0, 0.1) is 5.92 Å². The highest BCUT2D eigenvalue weighted by molar-refractivity contribution is 7.99. The Labute approximate surface area is 96.7 Å². The number of alkyl halides is 3. The molecule has 0 amide bonds. The van der Waals surface area contributed by atoms with Gasteiger partial charge in [-0.25, -0.2) is 0 Å². The Kier molecular flexibility index (Phi) is 4.68. The number of benzene rings is 1. The maximum atomic E-state index is 12.2. The smallest absolute Gasteiger partial charge is 0.396 e. The van der Waals surface area contributed by atoms with Gasteiger partial charge < -0.3 is 5.11 Å². The van der Waals surface area contributed by atoms with Gasteiger partial charge in [-0.05, 0) is 30.2 Å². The van der Waals surface area contributed by atoms with Crippen molar-refractivity contribution in [1.82, 2.24) is 0 Å². The zero-order chi connectivity index (χ0) is 12.2. The van der Waals surface area contributed by atoms with E-state index in [2.05, 4.69) is 0 Å². The molecule has 0 aliphatic carbocycles. The van der Waals surface area contributed by atoms with E-state index >= 15 is 0 Å². The molecule has 1 N–H and O–H groups in total.